The predicted molar refractivity (Wildman–Crippen MR) is 70.1 cm³/mol. The van der Waals surface area contributed by atoms with Gasteiger partial charge in [-0.05, 0) is 17.5 Å². The van der Waals surface area contributed by atoms with Crippen LogP contribution in [0, 0.1) is 0 Å². The fraction of sp³-hybridized carbons (Fsp3) is 0.538. The lowest BCUT2D eigenvalue weighted by molar-refractivity contribution is 0.0730. The summed E-state index contributed by atoms with van der Waals surface area (Å²) in [7, 11) is -3.38. The van der Waals surface area contributed by atoms with E-state index in [0.717, 1.165) is 5.56 Å². The summed E-state index contributed by atoms with van der Waals surface area (Å²) < 4.78 is 31.9. The Kier molecular flexibility index (Phi) is 4.04. The number of hydrogen-bond donors (Lipinski definition) is 0. The Balaban J connectivity index is 2.40. The molecule has 0 aliphatic carbocycles. The average Bonchev–Trinajstić information content (AvgIpc) is 2.39. The highest BCUT2D eigenvalue weighted by atomic mass is 32.2. The fourth-order valence-electron chi connectivity index (χ4n) is 2.12. The van der Waals surface area contributed by atoms with Gasteiger partial charge in [0.05, 0.1) is 18.1 Å². The number of ether oxygens (including phenoxy) is 1. The molecule has 4 nitrogen and oxygen atoms in total. The first kappa shape index (κ1) is 13.5. The Hall–Kier alpha value is -0.910. The lowest BCUT2D eigenvalue weighted by Gasteiger charge is -2.27. The van der Waals surface area contributed by atoms with Crippen molar-refractivity contribution >= 4 is 10.0 Å². The molecule has 0 aromatic heterocycles. The first-order valence-electron chi connectivity index (χ1n) is 6.20. The van der Waals surface area contributed by atoms with Crippen LogP contribution < -0.4 is 0 Å². The van der Waals surface area contributed by atoms with Gasteiger partial charge in [0.25, 0.3) is 0 Å². The van der Waals surface area contributed by atoms with Crippen molar-refractivity contribution < 1.29 is 13.2 Å². The van der Waals surface area contributed by atoms with Gasteiger partial charge < -0.3 is 4.74 Å². The molecule has 1 heterocycles. The van der Waals surface area contributed by atoms with Crippen molar-refractivity contribution in [2.75, 3.05) is 26.3 Å². The summed E-state index contributed by atoms with van der Waals surface area (Å²) in [6.45, 7) is 5.84. The average molecular weight is 269 g/mol. The zero-order chi connectivity index (χ0) is 13.2. The highest BCUT2D eigenvalue weighted by molar-refractivity contribution is 7.89. The molecule has 18 heavy (non-hydrogen) atoms. The minimum absolute atomic E-state index is 0.192. The van der Waals surface area contributed by atoms with E-state index in [9.17, 15) is 8.42 Å². The van der Waals surface area contributed by atoms with Crippen LogP contribution in [0.15, 0.2) is 29.2 Å². The third-order valence-electron chi connectivity index (χ3n) is 3.13. The largest absolute Gasteiger partial charge is 0.379 e. The van der Waals surface area contributed by atoms with Gasteiger partial charge in [0, 0.05) is 13.1 Å². The van der Waals surface area contributed by atoms with Gasteiger partial charge in [0.1, 0.15) is 0 Å². The molecule has 2 rings (SSSR count). The highest BCUT2D eigenvalue weighted by Crippen LogP contribution is 2.26. The van der Waals surface area contributed by atoms with Crippen molar-refractivity contribution in [1.29, 1.82) is 0 Å². The SMILES string of the molecule is CC(C)c1ccccc1S(=O)(=O)N1CCOCC1. The molecule has 0 unspecified atom stereocenters. The number of rotatable bonds is 3. The van der Waals surface area contributed by atoms with Gasteiger partial charge in [-0.1, -0.05) is 32.0 Å². The van der Waals surface area contributed by atoms with Crippen molar-refractivity contribution in [3.8, 4) is 0 Å². The van der Waals surface area contributed by atoms with Crippen molar-refractivity contribution in [2.45, 2.75) is 24.7 Å². The van der Waals surface area contributed by atoms with Gasteiger partial charge in [-0.15, -0.1) is 0 Å². The summed E-state index contributed by atoms with van der Waals surface area (Å²) >= 11 is 0. The number of sulfonamides is 1. The molecule has 0 bridgehead atoms. The molecule has 1 aromatic carbocycles. The molecule has 0 N–H and O–H groups in total. The molecular weight excluding hydrogens is 250 g/mol. The van der Waals surface area contributed by atoms with Crippen LogP contribution in [0.1, 0.15) is 25.3 Å². The van der Waals surface area contributed by atoms with Crippen molar-refractivity contribution in [1.82, 2.24) is 4.31 Å². The Morgan fingerprint density at radius 2 is 1.78 bits per heavy atom. The molecule has 1 aliphatic rings. The Morgan fingerprint density at radius 1 is 1.17 bits per heavy atom. The second kappa shape index (κ2) is 5.38. The number of nitrogens with zero attached hydrogens (tertiary/aromatic N) is 1. The normalized spacial score (nSPS) is 18.2. The molecule has 5 heteroatoms. The third kappa shape index (κ3) is 2.58. The topological polar surface area (TPSA) is 46.6 Å². The lowest BCUT2D eigenvalue weighted by Crippen LogP contribution is -2.40. The molecule has 0 amide bonds. The summed E-state index contributed by atoms with van der Waals surface area (Å²) in [5.74, 6) is 0.192. The van der Waals surface area contributed by atoms with Crippen LogP contribution in [0.3, 0.4) is 0 Å². The first-order chi connectivity index (χ1) is 8.53. The van der Waals surface area contributed by atoms with Crippen molar-refractivity contribution in [2.24, 2.45) is 0 Å². The zero-order valence-electron chi connectivity index (χ0n) is 10.8. The summed E-state index contributed by atoms with van der Waals surface area (Å²) in [6, 6.07) is 7.24. The highest BCUT2D eigenvalue weighted by Gasteiger charge is 2.28. The zero-order valence-corrected chi connectivity index (χ0v) is 11.6. The molecular formula is C13H19NO3S. The maximum atomic E-state index is 12.6. The summed E-state index contributed by atoms with van der Waals surface area (Å²) in [4.78, 5) is 0.432. The quantitative estimate of drug-likeness (QED) is 0.841. The van der Waals surface area contributed by atoms with Crippen LogP contribution in [0.25, 0.3) is 0 Å². The van der Waals surface area contributed by atoms with E-state index < -0.39 is 10.0 Å². The van der Waals surface area contributed by atoms with E-state index in [1.54, 1.807) is 12.1 Å². The second-order valence-corrected chi connectivity index (χ2v) is 6.62. The van der Waals surface area contributed by atoms with E-state index in [1.165, 1.54) is 4.31 Å². The molecule has 0 radical (unpaired) electrons. The molecule has 1 fully saturated rings. The molecule has 1 saturated heterocycles. The molecule has 100 valence electrons. The van der Waals surface area contributed by atoms with Crippen LogP contribution in [-0.4, -0.2) is 39.0 Å². The van der Waals surface area contributed by atoms with Crippen molar-refractivity contribution in [3.63, 3.8) is 0 Å². The standard InChI is InChI=1S/C13H19NO3S/c1-11(2)12-5-3-4-6-13(12)18(15,16)14-7-9-17-10-8-14/h3-6,11H,7-10H2,1-2H3. The van der Waals surface area contributed by atoms with Crippen LogP contribution in [0.5, 0.6) is 0 Å². The van der Waals surface area contributed by atoms with E-state index in [1.807, 2.05) is 26.0 Å². The van der Waals surface area contributed by atoms with E-state index in [-0.39, 0.29) is 5.92 Å². The summed E-state index contributed by atoms with van der Waals surface area (Å²) in [6.07, 6.45) is 0. The molecule has 0 saturated carbocycles. The number of benzene rings is 1. The van der Waals surface area contributed by atoms with Crippen LogP contribution in [-0.2, 0) is 14.8 Å². The second-order valence-electron chi connectivity index (χ2n) is 4.71. The maximum absolute atomic E-state index is 12.6. The van der Waals surface area contributed by atoms with Gasteiger partial charge in [-0.25, -0.2) is 8.42 Å². The van der Waals surface area contributed by atoms with E-state index in [4.69, 9.17) is 4.74 Å². The van der Waals surface area contributed by atoms with E-state index >= 15 is 0 Å². The van der Waals surface area contributed by atoms with Crippen LogP contribution in [0.2, 0.25) is 0 Å². The number of morpholine rings is 1. The minimum Gasteiger partial charge on any atom is -0.379 e. The van der Waals surface area contributed by atoms with Gasteiger partial charge in [-0.2, -0.15) is 4.31 Å². The number of hydrogen-bond acceptors (Lipinski definition) is 3. The van der Waals surface area contributed by atoms with Crippen molar-refractivity contribution in [3.05, 3.63) is 29.8 Å². The van der Waals surface area contributed by atoms with E-state index in [0.29, 0.717) is 31.2 Å². The predicted octanol–water partition coefficient (Wildman–Crippen LogP) is 1.83. The molecule has 0 spiro atoms. The van der Waals surface area contributed by atoms with Crippen LogP contribution >= 0.6 is 0 Å². The molecule has 0 atom stereocenters. The molecule has 1 aromatic rings. The maximum Gasteiger partial charge on any atom is 0.243 e. The Morgan fingerprint density at radius 3 is 2.39 bits per heavy atom. The van der Waals surface area contributed by atoms with Gasteiger partial charge >= 0.3 is 0 Å². The Bertz CT molecular complexity index is 505. The van der Waals surface area contributed by atoms with Gasteiger partial charge in [-0.3, -0.25) is 0 Å². The first-order valence-corrected chi connectivity index (χ1v) is 7.64. The summed E-state index contributed by atoms with van der Waals surface area (Å²) in [5, 5.41) is 0. The molecule has 1 aliphatic heterocycles. The Labute approximate surface area is 109 Å². The fourth-order valence-corrected chi connectivity index (χ4v) is 3.88. The van der Waals surface area contributed by atoms with Gasteiger partial charge in [0.2, 0.25) is 10.0 Å². The smallest absolute Gasteiger partial charge is 0.243 e. The minimum atomic E-state index is -3.38. The van der Waals surface area contributed by atoms with E-state index in [2.05, 4.69) is 0 Å². The third-order valence-corrected chi connectivity index (χ3v) is 5.10. The van der Waals surface area contributed by atoms with Crippen LogP contribution in [0.4, 0.5) is 0 Å². The summed E-state index contributed by atoms with van der Waals surface area (Å²) in [5.41, 5.74) is 0.879. The lowest BCUT2D eigenvalue weighted by atomic mass is 10.0. The monoisotopic (exact) mass is 269 g/mol. The van der Waals surface area contributed by atoms with Gasteiger partial charge in [0.15, 0.2) is 0 Å².